The maximum Gasteiger partial charge on any atom is 0.243 e. The lowest BCUT2D eigenvalue weighted by molar-refractivity contribution is 0.177. The summed E-state index contributed by atoms with van der Waals surface area (Å²) in [5.74, 6) is 0. The van der Waals surface area contributed by atoms with Crippen LogP contribution in [0.4, 0.5) is 0 Å². The number of halogens is 1. The highest BCUT2D eigenvalue weighted by molar-refractivity contribution is 9.10. The van der Waals surface area contributed by atoms with Crippen molar-refractivity contribution in [3.63, 3.8) is 0 Å². The van der Waals surface area contributed by atoms with E-state index in [1.165, 1.54) is 4.31 Å². The molecule has 0 radical (unpaired) electrons. The van der Waals surface area contributed by atoms with Gasteiger partial charge in [-0.15, -0.1) is 0 Å². The molecule has 0 atom stereocenters. The van der Waals surface area contributed by atoms with E-state index in [0.717, 1.165) is 10.0 Å². The first-order valence-electron chi connectivity index (χ1n) is 6.67. The summed E-state index contributed by atoms with van der Waals surface area (Å²) in [6, 6.07) is 10.2. The van der Waals surface area contributed by atoms with E-state index >= 15 is 0 Å². The molecule has 0 N–H and O–H groups in total. The standard InChI is InChI=1S/C15H17BrN2O3S/c1-21-11-10-18(12-13-6-8-17-9-7-13)22(19,20)15-4-2-14(16)3-5-15/h2-9H,10-12H2,1H3. The number of sulfonamides is 1. The molecule has 0 unspecified atom stereocenters. The molecule has 0 amide bonds. The van der Waals surface area contributed by atoms with Gasteiger partial charge in [-0.3, -0.25) is 4.98 Å². The number of rotatable bonds is 7. The number of ether oxygens (including phenoxy) is 1. The maximum atomic E-state index is 12.8. The van der Waals surface area contributed by atoms with Gasteiger partial charge in [-0.1, -0.05) is 15.9 Å². The molecule has 22 heavy (non-hydrogen) atoms. The molecule has 0 aliphatic rings. The molecule has 0 saturated carbocycles. The SMILES string of the molecule is COCCN(Cc1ccncc1)S(=O)(=O)c1ccc(Br)cc1. The largest absolute Gasteiger partial charge is 0.383 e. The normalized spacial score (nSPS) is 11.8. The number of methoxy groups -OCH3 is 1. The van der Waals surface area contributed by atoms with Crippen molar-refractivity contribution in [3.05, 3.63) is 58.8 Å². The van der Waals surface area contributed by atoms with Crippen LogP contribution in [0.5, 0.6) is 0 Å². The van der Waals surface area contributed by atoms with Crippen molar-refractivity contribution < 1.29 is 13.2 Å². The molecule has 118 valence electrons. The van der Waals surface area contributed by atoms with Crippen LogP contribution in [0, 0.1) is 0 Å². The van der Waals surface area contributed by atoms with Crippen LogP contribution < -0.4 is 0 Å². The van der Waals surface area contributed by atoms with Crippen molar-refractivity contribution in [1.82, 2.24) is 9.29 Å². The van der Waals surface area contributed by atoms with Gasteiger partial charge < -0.3 is 4.74 Å². The van der Waals surface area contributed by atoms with Gasteiger partial charge in [-0.25, -0.2) is 8.42 Å². The van der Waals surface area contributed by atoms with Crippen LogP contribution in [0.1, 0.15) is 5.56 Å². The Morgan fingerprint density at radius 1 is 1.14 bits per heavy atom. The van der Waals surface area contributed by atoms with E-state index in [9.17, 15) is 8.42 Å². The zero-order chi connectivity index (χ0) is 16.0. The summed E-state index contributed by atoms with van der Waals surface area (Å²) < 4.78 is 32.9. The Balaban J connectivity index is 2.28. The Bertz CT molecular complexity index is 690. The van der Waals surface area contributed by atoms with Crippen LogP contribution in [0.25, 0.3) is 0 Å². The quantitative estimate of drug-likeness (QED) is 0.736. The first kappa shape index (κ1) is 17.1. The summed E-state index contributed by atoms with van der Waals surface area (Å²) in [6.07, 6.45) is 3.30. The minimum absolute atomic E-state index is 0.265. The average Bonchev–Trinajstić information content (AvgIpc) is 2.52. The summed E-state index contributed by atoms with van der Waals surface area (Å²) >= 11 is 3.31. The lowest BCUT2D eigenvalue weighted by atomic mass is 10.3. The Morgan fingerprint density at radius 3 is 2.36 bits per heavy atom. The Hall–Kier alpha value is -1.28. The summed E-state index contributed by atoms with van der Waals surface area (Å²) in [5, 5.41) is 0. The van der Waals surface area contributed by atoms with Crippen molar-refractivity contribution in [2.45, 2.75) is 11.4 Å². The second-order valence-corrected chi connectivity index (χ2v) is 7.49. The zero-order valence-corrected chi connectivity index (χ0v) is 14.5. The highest BCUT2D eigenvalue weighted by Crippen LogP contribution is 2.20. The predicted octanol–water partition coefficient (Wildman–Crippen LogP) is 2.68. The highest BCUT2D eigenvalue weighted by atomic mass is 79.9. The third-order valence-corrected chi connectivity index (χ3v) is 5.49. The Morgan fingerprint density at radius 2 is 1.77 bits per heavy atom. The highest BCUT2D eigenvalue weighted by Gasteiger charge is 2.24. The van der Waals surface area contributed by atoms with Gasteiger partial charge in [0.15, 0.2) is 0 Å². The number of pyridine rings is 1. The maximum absolute atomic E-state index is 12.8. The second kappa shape index (κ2) is 7.82. The fourth-order valence-corrected chi connectivity index (χ4v) is 3.60. The summed E-state index contributed by atoms with van der Waals surface area (Å²) in [6.45, 7) is 0.905. The van der Waals surface area contributed by atoms with Gasteiger partial charge in [-0.05, 0) is 42.0 Å². The minimum Gasteiger partial charge on any atom is -0.383 e. The first-order valence-corrected chi connectivity index (χ1v) is 8.91. The lowest BCUT2D eigenvalue weighted by Gasteiger charge is -2.22. The van der Waals surface area contributed by atoms with Crippen LogP contribution in [-0.4, -0.2) is 38.0 Å². The average molecular weight is 385 g/mol. The first-order chi connectivity index (χ1) is 10.5. The predicted molar refractivity (Wildman–Crippen MR) is 87.9 cm³/mol. The van der Waals surface area contributed by atoms with Crippen molar-refractivity contribution in [2.75, 3.05) is 20.3 Å². The van der Waals surface area contributed by atoms with E-state index in [2.05, 4.69) is 20.9 Å². The monoisotopic (exact) mass is 384 g/mol. The van der Waals surface area contributed by atoms with Crippen LogP contribution in [-0.2, 0) is 21.3 Å². The van der Waals surface area contributed by atoms with Gasteiger partial charge in [0, 0.05) is 37.1 Å². The second-order valence-electron chi connectivity index (χ2n) is 4.64. The zero-order valence-electron chi connectivity index (χ0n) is 12.1. The third kappa shape index (κ3) is 4.36. The van der Waals surface area contributed by atoms with E-state index < -0.39 is 10.0 Å². The molecule has 2 aromatic rings. The van der Waals surface area contributed by atoms with E-state index in [1.807, 2.05) is 0 Å². The van der Waals surface area contributed by atoms with E-state index in [4.69, 9.17) is 4.74 Å². The van der Waals surface area contributed by atoms with Gasteiger partial charge >= 0.3 is 0 Å². The number of hydrogen-bond acceptors (Lipinski definition) is 4. The van der Waals surface area contributed by atoms with Crippen LogP contribution >= 0.6 is 15.9 Å². The molecule has 5 nitrogen and oxygen atoms in total. The number of hydrogen-bond donors (Lipinski definition) is 0. The van der Waals surface area contributed by atoms with Crippen molar-refractivity contribution in [2.24, 2.45) is 0 Å². The van der Waals surface area contributed by atoms with Crippen molar-refractivity contribution in [1.29, 1.82) is 0 Å². The molecule has 2 rings (SSSR count). The van der Waals surface area contributed by atoms with E-state index in [-0.39, 0.29) is 18.0 Å². The van der Waals surface area contributed by atoms with E-state index in [1.54, 1.807) is 55.9 Å². The van der Waals surface area contributed by atoms with E-state index in [0.29, 0.717) is 6.61 Å². The molecule has 0 bridgehead atoms. The van der Waals surface area contributed by atoms with Crippen LogP contribution in [0.15, 0.2) is 58.2 Å². The Labute approximate surface area is 139 Å². The van der Waals surface area contributed by atoms with Gasteiger partial charge in [0.05, 0.1) is 11.5 Å². The molecule has 0 fully saturated rings. The number of benzene rings is 1. The molecule has 1 aromatic heterocycles. The molecule has 1 aromatic carbocycles. The third-order valence-electron chi connectivity index (χ3n) is 3.10. The smallest absolute Gasteiger partial charge is 0.243 e. The number of aromatic nitrogens is 1. The molecule has 0 saturated heterocycles. The van der Waals surface area contributed by atoms with Gasteiger partial charge in [-0.2, -0.15) is 4.31 Å². The van der Waals surface area contributed by atoms with Crippen LogP contribution in [0.2, 0.25) is 0 Å². The lowest BCUT2D eigenvalue weighted by Crippen LogP contribution is -2.33. The molecule has 0 spiro atoms. The molecular formula is C15H17BrN2O3S. The fourth-order valence-electron chi connectivity index (χ4n) is 1.92. The van der Waals surface area contributed by atoms with Crippen molar-refractivity contribution >= 4 is 26.0 Å². The fraction of sp³-hybridized carbons (Fsp3) is 0.267. The van der Waals surface area contributed by atoms with Gasteiger partial charge in [0.25, 0.3) is 0 Å². The summed E-state index contributed by atoms with van der Waals surface area (Å²) in [7, 11) is -2.02. The molecule has 1 heterocycles. The summed E-state index contributed by atoms with van der Waals surface area (Å²) in [4.78, 5) is 4.21. The minimum atomic E-state index is -3.58. The molecule has 0 aliphatic heterocycles. The molecular weight excluding hydrogens is 368 g/mol. The van der Waals surface area contributed by atoms with Crippen molar-refractivity contribution in [3.8, 4) is 0 Å². The van der Waals surface area contributed by atoms with Crippen LogP contribution in [0.3, 0.4) is 0 Å². The Kier molecular flexibility index (Phi) is 6.07. The van der Waals surface area contributed by atoms with Gasteiger partial charge in [0.2, 0.25) is 10.0 Å². The summed E-state index contributed by atoms with van der Waals surface area (Å²) in [5.41, 5.74) is 0.881. The van der Waals surface area contributed by atoms with Gasteiger partial charge in [0.1, 0.15) is 0 Å². The number of nitrogens with zero attached hydrogens (tertiary/aromatic N) is 2. The molecule has 0 aliphatic carbocycles. The topological polar surface area (TPSA) is 59.5 Å². The molecule has 7 heteroatoms.